The molecule has 0 spiro atoms. The lowest BCUT2D eigenvalue weighted by molar-refractivity contribution is -0.135. The van der Waals surface area contributed by atoms with Crippen LogP contribution in [0.15, 0.2) is 21.5 Å². The van der Waals surface area contributed by atoms with E-state index in [-0.39, 0.29) is 40.9 Å². The Morgan fingerprint density at radius 2 is 1.84 bits per heavy atom. The van der Waals surface area contributed by atoms with E-state index >= 15 is 0 Å². The zero-order chi connectivity index (χ0) is 22.8. The van der Waals surface area contributed by atoms with E-state index in [2.05, 4.69) is 10.1 Å². The minimum Gasteiger partial charge on any atom is -0.351 e. The number of hydrogen-bond acceptors (Lipinski definition) is 6. The maximum absolute atomic E-state index is 12.8. The highest BCUT2D eigenvalue weighted by Gasteiger charge is 2.30. The molecule has 1 N–H and O–H groups in total. The molecule has 9 nitrogen and oxygen atoms in total. The van der Waals surface area contributed by atoms with Gasteiger partial charge in [0.1, 0.15) is 5.82 Å². The van der Waals surface area contributed by atoms with Crippen LogP contribution < -0.4 is 5.56 Å². The van der Waals surface area contributed by atoms with Crippen LogP contribution in [0.25, 0.3) is 0 Å². The first-order chi connectivity index (χ1) is 15.3. The molecular weight excluding hydrogens is 410 g/mol. The molecule has 32 heavy (non-hydrogen) atoms. The summed E-state index contributed by atoms with van der Waals surface area (Å²) in [6, 6.07) is 3.20. The summed E-state index contributed by atoms with van der Waals surface area (Å²) in [5.74, 6) is 1.04. The van der Waals surface area contributed by atoms with Gasteiger partial charge in [0.25, 0.3) is 11.5 Å². The Kier molecular flexibility index (Phi) is 6.43. The molecule has 4 rings (SSSR count). The molecule has 1 atom stereocenters. The van der Waals surface area contributed by atoms with Crippen molar-refractivity contribution in [3.63, 3.8) is 0 Å². The van der Waals surface area contributed by atoms with Crippen LogP contribution in [0.1, 0.15) is 79.1 Å². The van der Waals surface area contributed by atoms with Gasteiger partial charge in [-0.1, -0.05) is 19.0 Å². The van der Waals surface area contributed by atoms with Crippen molar-refractivity contribution in [2.75, 3.05) is 26.2 Å². The molecule has 2 amide bonds. The van der Waals surface area contributed by atoms with Gasteiger partial charge in [0, 0.05) is 56.1 Å². The number of aromatic nitrogens is 3. The molecule has 0 radical (unpaired) electrons. The van der Waals surface area contributed by atoms with E-state index in [0.29, 0.717) is 37.7 Å². The highest BCUT2D eigenvalue weighted by molar-refractivity contribution is 5.91. The number of carbonyl (C=O) groups is 2. The van der Waals surface area contributed by atoms with Crippen LogP contribution in [0, 0.1) is 12.8 Å². The summed E-state index contributed by atoms with van der Waals surface area (Å²) in [7, 11) is 0. The molecular formula is C23H31N5O4. The van der Waals surface area contributed by atoms with Crippen LogP contribution in [-0.4, -0.2) is 62.9 Å². The molecule has 172 valence electrons. The normalized spacial score (nSPS) is 20.1. The molecule has 0 aromatic carbocycles. The number of piperidine rings is 2. The second kappa shape index (κ2) is 9.26. The van der Waals surface area contributed by atoms with Gasteiger partial charge >= 0.3 is 0 Å². The molecule has 0 aliphatic carbocycles. The number of carbonyl (C=O) groups excluding carboxylic acids is 2. The molecule has 0 saturated carbocycles. The molecule has 0 bridgehead atoms. The number of nitrogens with one attached hydrogen (secondary N) is 1. The van der Waals surface area contributed by atoms with Crippen LogP contribution in [-0.2, 0) is 4.79 Å². The van der Waals surface area contributed by atoms with Crippen molar-refractivity contribution in [2.45, 2.75) is 58.3 Å². The number of likely N-dealkylation sites (tertiary alicyclic amines) is 2. The van der Waals surface area contributed by atoms with Crippen LogP contribution in [0.3, 0.4) is 0 Å². The van der Waals surface area contributed by atoms with Crippen molar-refractivity contribution in [1.82, 2.24) is 24.9 Å². The first-order valence-electron chi connectivity index (χ1n) is 11.4. The highest BCUT2D eigenvalue weighted by Crippen LogP contribution is 2.29. The minimum absolute atomic E-state index is 0.000348. The van der Waals surface area contributed by atoms with Gasteiger partial charge in [-0.3, -0.25) is 14.4 Å². The Hall–Kier alpha value is -2.97. The summed E-state index contributed by atoms with van der Waals surface area (Å²) in [6.07, 6.45) is 3.27. The molecule has 2 aliphatic rings. The number of hydrogen-bond donors (Lipinski definition) is 1. The predicted molar refractivity (Wildman–Crippen MR) is 117 cm³/mol. The van der Waals surface area contributed by atoms with Crippen LogP contribution >= 0.6 is 0 Å². The van der Waals surface area contributed by atoms with Gasteiger partial charge in [-0.2, -0.15) is 0 Å². The van der Waals surface area contributed by atoms with Crippen molar-refractivity contribution >= 4 is 11.8 Å². The average Bonchev–Trinajstić information content (AvgIpc) is 3.24. The van der Waals surface area contributed by atoms with E-state index in [1.807, 2.05) is 18.7 Å². The van der Waals surface area contributed by atoms with E-state index in [1.165, 1.54) is 0 Å². The van der Waals surface area contributed by atoms with E-state index in [0.717, 1.165) is 31.4 Å². The van der Waals surface area contributed by atoms with Gasteiger partial charge in [0.15, 0.2) is 0 Å². The smallest absolute Gasteiger partial charge is 0.292 e. The Bertz CT molecular complexity index is 1040. The summed E-state index contributed by atoms with van der Waals surface area (Å²) in [5.41, 5.74) is 1.24. The van der Waals surface area contributed by atoms with E-state index in [9.17, 15) is 14.4 Å². The Morgan fingerprint density at radius 3 is 2.50 bits per heavy atom. The third kappa shape index (κ3) is 4.76. The quantitative estimate of drug-likeness (QED) is 0.780. The predicted octanol–water partition coefficient (Wildman–Crippen LogP) is 2.45. The summed E-state index contributed by atoms with van der Waals surface area (Å²) in [5, 5.41) is 3.81. The van der Waals surface area contributed by atoms with Crippen molar-refractivity contribution < 1.29 is 14.1 Å². The molecule has 2 fully saturated rings. The van der Waals surface area contributed by atoms with Gasteiger partial charge in [-0.15, -0.1) is 0 Å². The van der Waals surface area contributed by atoms with Crippen molar-refractivity contribution in [2.24, 2.45) is 5.92 Å². The van der Waals surface area contributed by atoms with Crippen molar-refractivity contribution in [3.8, 4) is 0 Å². The Labute approximate surface area is 187 Å². The molecule has 4 heterocycles. The summed E-state index contributed by atoms with van der Waals surface area (Å²) >= 11 is 0. The maximum atomic E-state index is 12.8. The van der Waals surface area contributed by atoms with Gasteiger partial charge in [-0.25, -0.2) is 4.98 Å². The van der Waals surface area contributed by atoms with E-state index in [4.69, 9.17) is 9.51 Å². The summed E-state index contributed by atoms with van der Waals surface area (Å²) < 4.78 is 5.14. The molecule has 2 saturated heterocycles. The first kappa shape index (κ1) is 22.2. The van der Waals surface area contributed by atoms with Gasteiger partial charge in [0.2, 0.25) is 11.7 Å². The molecule has 1 unspecified atom stereocenters. The molecule has 2 aromatic heterocycles. The highest BCUT2D eigenvalue weighted by atomic mass is 16.5. The number of amides is 2. The van der Waals surface area contributed by atoms with Crippen molar-refractivity contribution in [1.29, 1.82) is 0 Å². The fraction of sp³-hybridized carbons (Fsp3) is 0.609. The Morgan fingerprint density at radius 1 is 1.09 bits per heavy atom. The average molecular weight is 442 g/mol. The number of H-pyrrole nitrogens is 1. The molecule has 9 heteroatoms. The summed E-state index contributed by atoms with van der Waals surface area (Å²) in [6.45, 7) is 8.11. The maximum Gasteiger partial charge on any atom is 0.292 e. The minimum atomic E-state index is -0.178. The van der Waals surface area contributed by atoms with Gasteiger partial charge in [0.05, 0.1) is 11.4 Å². The lowest BCUT2D eigenvalue weighted by Crippen LogP contribution is -2.41. The van der Waals surface area contributed by atoms with Gasteiger partial charge in [-0.05, 0) is 32.6 Å². The second-order valence-electron chi connectivity index (χ2n) is 9.23. The number of aromatic amines is 1. The zero-order valence-corrected chi connectivity index (χ0v) is 19.0. The topological polar surface area (TPSA) is 112 Å². The van der Waals surface area contributed by atoms with Crippen LogP contribution in [0.5, 0.6) is 0 Å². The SMILES string of the molecule is Cc1cc(C(=O)N2CCCC(c3cc(=O)[nH]c(C4CCN(C(=O)C(C)C)CC4)n3)C2)on1. The fourth-order valence-electron chi connectivity index (χ4n) is 4.66. The standard InChI is InChI=1S/C23H31N5O4/c1-14(2)22(30)27-9-6-16(7-10-27)21-24-18(12-20(29)25-21)17-5-4-8-28(13-17)23(31)19-11-15(3)26-32-19/h11-12,14,16-17H,4-10,13H2,1-3H3,(H,24,25,29). The van der Waals surface area contributed by atoms with E-state index < -0.39 is 0 Å². The largest absolute Gasteiger partial charge is 0.351 e. The third-order valence-corrected chi connectivity index (χ3v) is 6.43. The number of nitrogens with zero attached hydrogens (tertiary/aromatic N) is 4. The first-order valence-corrected chi connectivity index (χ1v) is 11.4. The zero-order valence-electron chi connectivity index (χ0n) is 19.0. The van der Waals surface area contributed by atoms with Gasteiger partial charge < -0.3 is 19.3 Å². The molecule has 2 aromatic rings. The lowest BCUT2D eigenvalue weighted by Gasteiger charge is -2.34. The molecule has 2 aliphatic heterocycles. The van der Waals surface area contributed by atoms with E-state index in [1.54, 1.807) is 24.0 Å². The third-order valence-electron chi connectivity index (χ3n) is 6.43. The number of aryl methyl sites for hydroxylation is 1. The summed E-state index contributed by atoms with van der Waals surface area (Å²) in [4.78, 5) is 48.9. The van der Waals surface area contributed by atoms with Crippen molar-refractivity contribution in [3.05, 3.63) is 45.5 Å². The second-order valence-corrected chi connectivity index (χ2v) is 9.23. The monoisotopic (exact) mass is 441 g/mol. The fourth-order valence-corrected chi connectivity index (χ4v) is 4.66. The number of rotatable bonds is 4. The van der Waals surface area contributed by atoms with Crippen LogP contribution in [0.2, 0.25) is 0 Å². The Balaban J connectivity index is 1.46. The lowest BCUT2D eigenvalue weighted by atomic mass is 9.92. The van der Waals surface area contributed by atoms with Crippen LogP contribution in [0.4, 0.5) is 0 Å².